The molecule has 1 amide bonds. The molecule has 0 aliphatic rings. The van der Waals surface area contributed by atoms with Gasteiger partial charge in [0.15, 0.2) is 0 Å². The number of quaternary nitrogens is 1. The van der Waals surface area contributed by atoms with Crippen LogP contribution in [0.5, 0.6) is 0 Å². The van der Waals surface area contributed by atoms with E-state index in [9.17, 15) is 4.79 Å². The molecule has 0 aliphatic carbocycles. The maximum atomic E-state index is 12.2. The van der Waals surface area contributed by atoms with Gasteiger partial charge < -0.3 is 0 Å². The van der Waals surface area contributed by atoms with Crippen LogP contribution >= 0.6 is 0 Å². The molecule has 21 heavy (non-hydrogen) atoms. The number of benzene rings is 1. The molecule has 0 spiro atoms. The van der Waals surface area contributed by atoms with E-state index in [4.69, 9.17) is 0 Å². The molecule has 0 fully saturated rings. The Morgan fingerprint density at radius 2 is 1.67 bits per heavy atom. The van der Waals surface area contributed by atoms with Crippen LogP contribution in [-0.4, -0.2) is 31.1 Å². The number of aryl methyl sites for hydroxylation is 1. The van der Waals surface area contributed by atoms with Crippen LogP contribution in [-0.2, 0) is 6.42 Å². The summed E-state index contributed by atoms with van der Waals surface area (Å²) in [6, 6.07) is 8.05. The first kappa shape index (κ1) is 17.7. The summed E-state index contributed by atoms with van der Waals surface area (Å²) in [7, 11) is 4.03. The molecule has 0 unspecified atom stereocenters. The van der Waals surface area contributed by atoms with E-state index < -0.39 is 0 Å². The molecule has 0 atom stereocenters. The van der Waals surface area contributed by atoms with Crippen molar-refractivity contribution in [2.45, 2.75) is 52.4 Å². The Morgan fingerprint density at radius 3 is 2.24 bits per heavy atom. The summed E-state index contributed by atoms with van der Waals surface area (Å²) in [5.41, 5.74) is 5.12. The Bertz CT molecular complexity index is 423. The van der Waals surface area contributed by atoms with Gasteiger partial charge in [0.05, 0.1) is 14.1 Å². The zero-order valence-electron chi connectivity index (χ0n) is 14.1. The molecule has 0 radical (unpaired) electrons. The second-order valence-electron chi connectivity index (χ2n) is 6.36. The summed E-state index contributed by atoms with van der Waals surface area (Å²) in [5.74, 6) is 0.00554. The van der Waals surface area contributed by atoms with Crippen LogP contribution < -0.4 is 5.43 Å². The van der Waals surface area contributed by atoms with Gasteiger partial charge in [-0.3, -0.25) is 4.79 Å². The number of hydrogen-bond donors (Lipinski definition) is 1. The minimum Gasteiger partial charge on any atom is -0.264 e. The summed E-state index contributed by atoms with van der Waals surface area (Å²) >= 11 is 0. The maximum Gasteiger partial charge on any atom is 0.295 e. The third kappa shape index (κ3) is 6.76. The lowest BCUT2D eigenvalue weighted by Gasteiger charge is -2.28. The van der Waals surface area contributed by atoms with Crippen LogP contribution in [0.25, 0.3) is 0 Å². The zero-order valence-corrected chi connectivity index (χ0v) is 14.1. The molecular formula is C18H31N2O+. The largest absolute Gasteiger partial charge is 0.295 e. The standard InChI is InChI=1S/C18H30N2O/c1-5-7-8-9-10-16-11-13-17(14-12-16)18(21)19-20(3,4)15-6-2/h11-14H,5-10,15H2,1-4H3/p+1. The number of carbonyl (C=O) groups is 1. The average Bonchev–Trinajstić information content (AvgIpc) is 2.43. The van der Waals surface area contributed by atoms with Gasteiger partial charge in [-0.25, -0.2) is 4.59 Å². The fourth-order valence-corrected chi connectivity index (χ4v) is 2.53. The molecule has 3 nitrogen and oxygen atoms in total. The monoisotopic (exact) mass is 291 g/mol. The molecular weight excluding hydrogens is 260 g/mol. The van der Waals surface area contributed by atoms with Crippen molar-refractivity contribution in [1.29, 1.82) is 0 Å². The van der Waals surface area contributed by atoms with E-state index >= 15 is 0 Å². The summed E-state index contributed by atoms with van der Waals surface area (Å²) < 4.78 is 0.522. The third-order valence-electron chi connectivity index (χ3n) is 3.72. The maximum absolute atomic E-state index is 12.2. The van der Waals surface area contributed by atoms with Crippen LogP contribution in [0, 0.1) is 0 Å². The van der Waals surface area contributed by atoms with E-state index in [-0.39, 0.29) is 5.91 Å². The highest BCUT2D eigenvalue weighted by Gasteiger charge is 2.18. The Kier molecular flexibility index (Phi) is 7.44. The van der Waals surface area contributed by atoms with Crippen molar-refractivity contribution in [2.75, 3.05) is 20.6 Å². The predicted octanol–water partition coefficient (Wildman–Crippen LogP) is 3.94. The van der Waals surface area contributed by atoms with E-state index in [1.807, 2.05) is 26.2 Å². The number of nitrogens with one attached hydrogen (secondary N) is 1. The number of nitrogens with zero attached hydrogens (tertiary/aromatic N) is 1. The topological polar surface area (TPSA) is 29.1 Å². The molecule has 1 aromatic rings. The van der Waals surface area contributed by atoms with Gasteiger partial charge in [0.2, 0.25) is 0 Å². The van der Waals surface area contributed by atoms with Crippen LogP contribution in [0.2, 0.25) is 0 Å². The quantitative estimate of drug-likeness (QED) is 0.417. The fourth-order valence-electron chi connectivity index (χ4n) is 2.53. The first-order valence-electron chi connectivity index (χ1n) is 8.23. The highest BCUT2D eigenvalue weighted by molar-refractivity contribution is 5.93. The lowest BCUT2D eigenvalue weighted by Crippen LogP contribution is -2.54. The van der Waals surface area contributed by atoms with E-state index in [0.717, 1.165) is 24.9 Å². The Labute approximate surface area is 129 Å². The summed E-state index contributed by atoms with van der Waals surface area (Å²) in [6.07, 6.45) is 7.26. The van der Waals surface area contributed by atoms with Crippen molar-refractivity contribution >= 4 is 5.91 Å². The second kappa shape index (κ2) is 8.83. The van der Waals surface area contributed by atoms with Gasteiger partial charge in [0.25, 0.3) is 5.91 Å². The first-order valence-corrected chi connectivity index (χ1v) is 8.23. The van der Waals surface area contributed by atoms with E-state index in [1.54, 1.807) is 0 Å². The summed E-state index contributed by atoms with van der Waals surface area (Å²) in [4.78, 5) is 12.2. The number of hydrogen-bond acceptors (Lipinski definition) is 1. The second-order valence-corrected chi connectivity index (χ2v) is 6.36. The van der Waals surface area contributed by atoms with Crippen molar-refractivity contribution in [3.8, 4) is 0 Å². The lowest BCUT2D eigenvalue weighted by molar-refractivity contribution is -0.924. The zero-order chi connectivity index (χ0) is 15.7. The number of amides is 1. The van der Waals surface area contributed by atoms with Crippen LogP contribution in [0.4, 0.5) is 0 Å². The minimum absolute atomic E-state index is 0.00554. The molecule has 0 saturated carbocycles. The van der Waals surface area contributed by atoms with Crippen LogP contribution in [0.3, 0.4) is 0 Å². The normalized spacial score (nSPS) is 11.4. The SMILES string of the molecule is CCCCCCc1ccc(C(=O)N[N+](C)(C)CCC)cc1. The molecule has 0 aliphatic heterocycles. The first-order chi connectivity index (χ1) is 9.98. The number of unbranched alkanes of at least 4 members (excludes halogenated alkanes) is 3. The van der Waals surface area contributed by atoms with Crippen molar-refractivity contribution < 1.29 is 9.39 Å². The van der Waals surface area contributed by atoms with Gasteiger partial charge in [0.1, 0.15) is 6.54 Å². The van der Waals surface area contributed by atoms with E-state index in [0.29, 0.717) is 4.59 Å². The van der Waals surface area contributed by atoms with Crippen molar-refractivity contribution in [3.63, 3.8) is 0 Å². The van der Waals surface area contributed by atoms with Gasteiger partial charge in [-0.1, -0.05) is 45.2 Å². The third-order valence-corrected chi connectivity index (χ3v) is 3.72. The van der Waals surface area contributed by atoms with Gasteiger partial charge in [0, 0.05) is 5.56 Å². The molecule has 1 aromatic carbocycles. The molecule has 1 rings (SSSR count). The molecule has 3 heteroatoms. The Hall–Kier alpha value is -1.35. The number of rotatable bonds is 9. The minimum atomic E-state index is 0.00554. The molecule has 0 heterocycles. The van der Waals surface area contributed by atoms with Gasteiger partial charge in [-0.2, -0.15) is 5.43 Å². The average molecular weight is 291 g/mol. The molecule has 1 N–H and O–H groups in total. The van der Waals surface area contributed by atoms with Crippen molar-refractivity contribution in [1.82, 2.24) is 5.43 Å². The predicted molar refractivity (Wildman–Crippen MR) is 89.0 cm³/mol. The molecule has 118 valence electrons. The smallest absolute Gasteiger partial charge is 0.264 e. The van der Waals surface area contributed by atoms with Gasteiger partial charge >= 0.3 is 0 Å². The Morgan fingerprint density at radius 1 is 1.00 bits per heavy atom. The van der Waals surface area contributed by atoms with E-state index in [1.165, 1.54) is 31.2 Å². The highest BCUT2D eigenvalue weighted by Crippen LogP contribution is 2.10. The molecule has 0 bridgehead atoms. The van der Waals surface area contributed by atoms with Crippen molar-refractivity contribution in [3.05, 3.63) is 35.4 Å². The van der Waals surface area contributed by atoms with Crippen molar-refractivity contribution in [2.24, 2.45) is 0 Å². The lowest BCUT2D eigenvalue weighted by atomic mass is 10.0. The number of carbonyl (C=O) groups excluding carboxylic acids is 1. The summed E-state index contributed by atoms with van der Waals surface area (Å²) in [6.45, 7) is 5.28. The Balaban J connectivity index is 2.51. The summed E-state index contributed by atoms with van der Waals surface area (Å²) in [5, 5.41) is 0. The molecule has 0 saturated heterocycles. The van der Waals surface area contributed by atoms with Crippen LogP contribution in [0.15, 0.2) is 24.3 Å². The van der Waals surface area contributed by atoms with Gasteiger partial charge in [-0.15, -0.1) is 0 Å². The highest BCUT2D eigenvalue weighted by atomic mass is 16.2. The fraction of sp³-hybridized carbons (Fsp3) is 0.611. The van der Waals surface area contributed by atoms with E-state index in [2.05, 4.69) is 31.4 Å². The van der Waals surface area contributed by atoms with Gasteiger partial charge in [-0.05, 0) is 37.0 Å². The van der Waals surface area contributed by atoms with Crippen LogP contribution in [0.1, 0.15) is 61.9 Å². The molecule has 0 aromatic heterocycles.